The number of furan rings is 1. The number of ketones is 1. The molecule has 0 saturated carbocycles. The summed E-state index contributed by atoms with van der Waals surface area (Å²) in [6.45, 7) is 0.230. The average molecular weight is 559 g/mol. The number of para-hydroxylation sites is 1. The Bertz CT molecular complexity index is 1550. The maximum absolute atomic E-state index is 13.3. The van der Waals surface area contributed by atoms with Crippen molar-refractivity contribution in [2.75, 3.05) is 6.54 Å². The number of benzene rings is 2. The van der Waals surface area contributed by atoms with Crippen molar-refractivity contribution in [2.45, 2.75) is 49.6 Å². The molecule has 0 amide bonds. The van der Waals surface area contributed by atoms with Gasteiger partial charge in [0.05, 0.1) is 17.3 Å². The Morgan fingerprint density at radius 3 is 2.64 bits per heavy atom. The van der Waals surface area contributed by atoms with Gasteiger partial charge in [0, 0.05) is 30.6 Å². The molecule has 2 aromatic heterocycles. The molecule has 1 fully saturated rings. The van der Waals surface area contributed by atoms with E-state index < -0.39 is 27.8 Å². The molecule has 204 valence electrons. The fourth-order valence-electron chi connectivity index (χ4n) is 4.61. The van der Waals surface area contributed by atoms with E-state index in [-0.39, 0.29) is 30.4 Å². The molecule has 0 bridgehead atoms. The van der Waals surface area contributed by atoms with Crippen LogP contribution < -0.4 is 4.74 Å². The number of pyridine rings is 1. The molecular formula is C28H25F3N2O5S. The number of alkyl halides is 3. The second-order valence-corrected chi connectivity index (χ2v) is 11.1. The van der Waals surface area contributed by atoms with E-state index in [0.717, 1.165) is 17.8 Å². The number of ether oxygens (including phenoxy) is 1. The van der Waals surface area contributed by atoms with Crippen LogP contribution >= 0.6 is 0 Å². The van der Waals surface area contributed by atoms with E-state index >= 15 is 0 Å². The number of Topliss-reactive ketones (excluding diaryl/α,β-unsaturated/α-hetero) is 1. The first-order valence-corrected chi connectivity index (χ1v) is 13.8. The number of aryl methyl sites for hydroxylation is 1. The Labute approximate surface area is 223 Å². The van der Waals surface area contributed by atoms with Crippen LogP contribution in [0, 0.1) is 0 Å². The first kappa shape index (κ1) is 26.9. The average Bonchev–Trinajstić information content (AvgIpc) is 3.59. The van der Waals surface area contributed by atoms with E-state index in [0.29, 0.717) is 41.7 Å². The molecule has 0 radical (unpaired) electrons. The smallest absolute Gasteiger partial charge is 0.417 e. The summed E-state index contributed by atoms with van der Waals surface area (Å²) in [4.78, 5) is 16.9. The zero-order chi connectivity index (χ0) is 27.6. The third-order valence-electron chi connectivity index (χ3n) is 6.64. The lowest BCUT2D eigenvalue weighted by atomic mass is 10.0. The molecule has 1 aliphatic heterocycles. The summed E-state index contributed by atoms with van der Waals surface area (Å²) >= 11 is 0. The van der Waals surface area contributed by atoms with Gasteiger partial charge in [0.1, 0.15) is 17.9 Å². The molecular weight excluding hydrogens is 533 g/mol. The van der Waals surface area contributed by atoms with Crippen molar-refractivity contribution in [2.24, 2.45) is 0 Å². The number of hydrogen-bond acceptors (Lipinski definition) is 6. The summed E-state index contributed by atoms with van der Waals surface area (Å²) in [5.41, 5.74) is 0.792. The molecule has 39 heavy (non-hydrogen) atoms. The SMILES string of the molecule is O=C(CCc1cccc(OCc2ccc(C(F)(F)F)cn2)c1)[C@@H]1CCCN1S(=O)(=O)c1cc2ccccc2o1. The summed E-state index contributed by atoms with van der Waals surface area (Å²) in [6, 6.07) is 17.0. The highest BCUT2D eigenvalue weighted by molar-refractivity contribution is 7.89. The predicted molar refractivity (Wildman–Crippen MR) is 136 cm³/mol. The van der Waals surface area contributed by atoms with E-state index in [4.69, 9.17) is 9.15 Å². The summed E-state index contributed by atoms with van der Waals surface area (Å²) in [7, 11) is -3.97. The number of carbonyl (C=O) groups is 1. The number of rotatable bonds is 9. The Hall–Kier alpha value is -3.70. The Morgan fingerprint density at radius 1 is 1.08 bits per heavy atom. The number of halogens is 3. The van der Waals surface area contributed by atoms with Crippen molar-refractivity contribution in [3.05, 3.63) is 89.7 Å². The van der Waals surface area contributed by atoms with E-state index in [9.17, 15) is 26.4 Å². The lowest BCUT2D eigenvalue weighted by Crippen LogP contribution is -2.40. The number of aromatic nitrogens is 1. The van der Waals surface area contributed by atoms with Gasteiger partial charge in [0.15, 0.2) is 5.78 Å². The molecule has 0 spiro atoms. The predicted octanol–water partition coefficient (Wildman–Crippen LogP) is 5.78. The second-order valence-electron chi connectivity index (χ2n) is 9.32. The van der Waals surface area contributed by atoms with Gasteiger partial charge >= 0.3 is 6.18 Å². The van der Waals surface area contributed by atoms with Gasteiger partial charge in [-0.2, -0.15) is 17.5 Å². The quantitative estimate of drug-likeness (QED) is 0.259. The van der Waals surface area contributed by atoms with Crippen LogP contribution in [-0.2, 0) is 34.0 Å². The first-order valence-electron chi connectivity index (χ1n) is 12.4. The molecule has 11 heteroatoms. The van der Waals surface area contributed by atoms with Crippen LogP contribution in [0.3, 0.4) is 0 Å². The highest BCUT2D eigenvalue weighted by Gasteiger charge is 2.40. The zero-order valence-electron chi connectivity index (χ0n) is 20.7. The highest BCUT2D eigenvalue weighted by atomic mass is 32.2. The van der Waals surface area contributed by atoms with Crippen LogP contribution in [0.1, 0.15) is 36.1 Å². The van der Waals surface area contributed by atoms with Gasteiger partial charge in [-0.15, -0.1) is 0 Å². The van der Waals surface area contributed by atoms with Gasteiger partial charge in [-0.3, -0.25) is 9.78 Å². The molecule has 1 saturated heterocycles. The first-order chi connectivity index (χ1) is 18.6. The van der Waals surface area contributed by atoms with Gasteiger partial charge in [-0.05, 0) is 55.2 Å². The minimum Gasteiger partial charge on any atom is -0.487 e. The number of fused-ring (bicyclic) bond motifs is 1. The van der Waals surface area contributed by atoms with Gasteiger partial charge in [-0.25, -0.2) is 8.42 Å². The lowest BCUT2D eigenvalue weighted by Gasteiger charge is -2.21. The minimum atomic E-state index is -4.45. The van der Waals surface area contributed by atoms with E-state index in [1.807, 2.05) is 6.07 Å². The second kappa shape index (κ2) is 10.8. The number of nitrogens with zero attached hydrogens (tertiary/aromatic N) is 2. The third-order valence-corrected chi connectivity index (χ3v) is 8.40. The van der Waals surface area contributed by atoms with Crippen LogP contribution in [0.4, 0.5) is 13.2 Å². The molecule has 3 heterocycles. The van der Waals surface area contributed by atoms with Gasteiger partial charge in [0.2, 0.25) is 5.09 Å². The van der Waals surface area contributed by atoms with Crippen LogP contribution in [0.2, 0.25) is 0 Å². The summed E-state index contributed by atoms with van der Waals surface area (Å²) in [5, 5.41) is 0.505. The largest absolute Gasteiger partial charge is 0.487 e. The van der Waals surface area contributed by atoms with Crippen molar-refractivity contribution in [1.29, 1.82) is 0 Å². The Morgan fingerprint density at radius 2 is 1.90 bits per heavy atom. The molecule has 2 aromatic carbocycles. The molecule has 1 aliphatic rings. The molecule has 7 nitrogen and oxygen atoms in total. The van der Waals surface area contributed by atoms with Gasteiger partial charge < -0.3 is 9.15 Å². The third kappa shape index (κ3) is 5.99. The molecule has 0 unspecified atom stereocenters. The topological polar surface area (TPSA) is 89.7 Å². The maximum Gasteiger partial charge on any atom is 0.417 e. The standard InChI is InChI=1S/C28H25F3N2O5S/c29-28(30,31)21-11-12-22(32-17-21)18-37-23-7-3-5-19(15-23)10-13-25(34)24-8-4-14-33(24)39(35,36)27-16-20-6-1-2-9-26(20)38-27/h1-3,5-7,9,11-12,15-17,24H,4,8,10,13-14,18H2/t24-/m0/s1. The molecule has 4 aromatic rings. The van der Waals surface area contributed by atoms with E-state index in [2.05, 4.69) is 4.98 Å². The molecule has 0 N–H and O–H groups in total. The number of hydrogen-bond donors (Lipinski definition) is 0. The summed E-state index contributed by atoms with van der Waals surface area (Å²) in [6.07, 6.45) is -2.14. The van der Waals surface area contributed by atoms with Crippen LogP contribution in [0.15, 0.2) is 82.4 Å². The number of sulfonamides is 1. The Balaban J connectivity index is 1.20. The fraction of sp³-hybridized carbons (Fsp3) is 0.286. The lowest BCUT2D eigenvalue weighted by molar-refractivity contribution is -0.137. The van der Waals surface area contributed by atoms with Gasteiger partial charge in [-0.1, -0.05) is 30.3 Å². The summed E-state index contributed by atoms with van der Waals surface area (Å²) < 4.78 is 77.2. The zero-order valence-corrected chi connectivity index (χ0v) is 21.5. The van der Waals surface area contributed by atoms with Crippen LogP contribution in [0.5, 0.6) is 5.75 Å². The molecule has 0 aliphatic carbocycles. The van der Waals surface area contributed by atoms with Crippen molar-refractivity contribution in [1.82, 2.24) is 9.29 Å². The van der Waals surface area contributed by atoms with Crippen molar-refractivity contribution >= 4 is 26.8 Å². The maximum atomic E-state index is 13.3. The highest BCUT2D eigenvalue weighted by Crippen LogP contribution is 2.31. The van der Waals surface area contributed by atoms with Crippen LogP contribution in [0.25, 0.3) is 11.0 Å². The normalized spacial score (nSPS) is 16.5. The number of carbonyl (C=O) groups excluding carboxylic acids is 1. The van der Waals surface area contributed by atoms with Gasteiger partial charge in [0.25, 0.3) is 10.0 Å². The molecule has 5 rings (SSSR count). The van der Waals surface area contributed by atoms with E-state index in [1.54, 1.807) is 42.5 Å². The van der Waals surface area contributed by atoms with Crippen molar-refractivity contribution in [3.8, 4) is 5.75 Å². The Kier molecular flexibility index (Phi) is 7.46. The fourth-order valence-corrected chi connectivity index (χ4v) is 6.24. The van der Waals surface area contributed by atoms with E-state index in [1.165, 1.54) is 16.4 Å². The molecule has 1 atom stereocenters. The van der Waals surface area contributed by atoms with Crippen LogP contribution in [-0.4, -0.2) is 36.1 Å². The van der Waals surface area contributed by atoms with Crippen molar-refractivity contribution in [3.63, 3.8) is 0 Å². The minimum absolute atomic E-state index is 0.0167. The van der Waals surface area contributed by atoms with Crippen molar-refractivity contribution < 1.29 is 35.5 Å². The monoisotopic (exact) mass is 558 g/mol. The summed E-state index contributed by atoms with van der Waals surface area (Å²) in [5.74, 6) is 0.309.